The van der Waals surface area contributed by atoms with Gasteiger partial charge in [-0.25, -0.2) is 4.79 Å². The maximum atomic E-state index is 11.9. The summed E-state index contributed by atoms with van der Waals surface area (Å²) in [6, 6.07) is -0.831. The zero-order chi connectivity index (χ0) is 13.2. The lowest BCUT2D eigenvalue weighted by Crippen LogP contribution is -2.45. The molecule has 0 aromatic heterocycles. The molecule has 1 fully saturated rings. The first-order valence-electron chi connectivity index (χ1n) is 5.32. The minimum Gasteiger partial charge on any atom is -0.480 e. The fourth-order valence-electron chi connectivity index (χ4n) is 1.77. The highest BCUT2D eigenvalue weighted by molar-refractivity contribution is 7.80. The van der Waals surface area contributed by atoms with Crippen molar-refractivity contribution >= 4 is 30.5 Å². The molecule has 1 atom stereocenters. The van der Waals surface area contributed by atoms with E-state index in [-0.39, 0.29) is 24.4 Å². The Morgan fingerprint density at radius 3 is 2.47 bits per heavy atom. The van der Waals surface area contributed by atoms with E-state index < -0.39 is 18.5 Å². The Kier molecular flexibility index (Phi) is 4.39. The Morgan fingerprint density at radius 1 is 1.47 bits per heavy atom. The number of urea groups is 1. The third kappa shape index (κ3) is 2.91. The molecular weight excluding hydrogens is 244 g/mol. The van der Waals surface area contributed by atoms with Crippen molar-refractivity contribution in [2.45, 2.75) is 19.9 Å². The zero-order valence-corrected chi connectivity index (χ0v) is 10.7. The van der Waals surface area contributed by atoms with Gasteiger partial charge in [0.05, 0.1) is 6.04 Å². The second-order valence-corrected chi connectivity index (χ2v) is 4.66. The Labute approximate surface area is 105 Å². The molecule has 1 heterocycles. The minimum absolute atomic E-state index is 0.0881. The van der Waals surface area contributed by atoms with Gasteiger partial charge in [0.1, 0.15) is 13.1 Å². The molecule has 3 amide bonds. The summed E-state index contributed by atoms with van der Waals surface area (Å²) in [6.45, 7) is 3.17. The molecule has 0 spiro atoms. The topological polar surface area (TPSA) is 77.9 Å². The van der Waals surface area contributed by atoms with Crippen LogP contribution in [-0.2, 0) is 9.59 Å². The van der Waals surface area contributed by atoms with Crippen LogP contribution in [-0.4, -0.2) is 57.7 Å². The molecule has 0 radical (unpaired) electrons. The van der Waals surface area contributed by atoms with E-state index in [0.29, 0.717) is 5.75 Å². The SMILES string of the molecule is CC(C)C(CS)N1C(=O)CN(CC(=O)O)C1=O. The zero-order valence-electron chi connectivity index (χ0n) is 9.79. The average molecular weight is 260 g/mol. The van der Waals surface area contributed by atoms with Crippen molar-refractivity contribution in [2.24, 2.45) is 5.92 Å². The van der Waals surface area contributed by atoms with E-state index in [0.717, 1.165) is 9.80 Å². The first-order valence-corrected chi connectivity index (χ1v) is 5.95. The third-order valence-electron chi connectivity index (χ3n) is 2.69. The van der Waals surface area contributed by atoms with Gasteiger partial charge in [-0.1, -0.05) is 13.8 Å². The second-order valence-electron chi connectivity index (χ2n) is 4.29. The highest BCUT2D eigenvalue weighted by Crippen LogP contribution is 2.19. The van der Waals surface area contributed by atoms with Crippen LogP contribution in [0.15, 0.2) is 0 Å². The number of thiol groups is 1. The third-order valence-corrected chi connectivity index (χ3v) is 3.06. The molecule has 17 heavy (non-hydrogen) atoms. The van der Waals surface area contributed by atoms with Crippen molar-refractivity contribution in [2.75, 3.05) is 18.8 Å². The molecule has 96 valence electrons. The Bertz CT molecular complexity index is 345. The summed E-state index contributed by atoms with van der Waals surface area (Å²) in [5, 5.41) is 8.63. The largest absolute Gasteiger partial charge is 0.480 e. The van der Waals surface area contributed by atoms with Gasteiger partial charge in [0.2, 0.25) is 0 Å². The summed E-state index contributed by atoms with van der Waals surface area (Å²) in [4.78, 5) is 36.3. The molecule has 1 aliphatic rings. The number of nitrogens with zero attached hydrogens (tertiary/aromatic N) is 2. The average Bonchev–Trinajstić information content (AvgIpc) is 2.45. The Hall–Kier alpha value is -1.24. The number of hydrogen-bond acceptors (Lipinski definition) is 4. The van der Waals surface area contributed by atoms with Crippen molar-refractivity contribution in [1.82, 2.24) is 9.80 Å². The number of carboxylic acids is 1. The number of carbonyl (C=O) groups excluding carboxylic acids is 2. The summed E-state index contributed by atoms with van der Waals surface area (Å²) in [7, 11) is 0. The van der Waals surface area contributed by atoms with Crippen LogP contribution in [0.3, 0.4) is 0 Å². The fraction of sp³-hybridized carbons (Fsp3) is 0.700. The number of imide groups is 1. The fourth-order valence-corrected chi connectivity index (χ4v) is 2.36. The van der Waals surface area contributed by atoms with Gasteiger partial charge in [-0.05, 0) is 5.92 Å². The van der Waals surface area contributed by atoms with Gasteiger partial charge in [-0.15, -0.1) is 0 Å². The molecular formula is C10H16N2O4S. The molecule has 6 nitrogen and oxygen atoms in total. The van der Waals surface area contributed by atoms with Gasteiger partial charge in [-0.2, -0.15) is 12.6 Å². The first-order chi connectivity index (χ1) is 7.88. The van der Waals surface area contributed by atoms with E-state index in [1.807, 2.05) is 13.8 Å². The highest BCUT2D eigenvalue weighted by atomic mass is 32.1. The van der Waals surface area contributed by atoms with Crippen molar-refractivity contribution in [1.29, 1.82) is 0 Å². The van der Waals surface area contributed by atoms with Crippen LogP contribution in [0.4, 0.5) is 4.79 Å². The van der Waals surface area contributed by atoms with E-state index in [1.54, 1.807) is 0 Å². The molecule has 1 N–H and O–H groups in total. The molecule has 1 saturated heterocycles. The normalized spacial score (nSPS) is 18.1. The summed E-state index contributed by atoms with van der Waals surface area (Å²) in [5.41, 5.74) is 0. The summed E-state index contributed by atoms with van der Waals surface area (Å²) < 4.78 is 0. The number of aliphatic carboxylic acids is 1. The smallest absolute Gasteiger partial charge is 0.328 e. The lowest BCUT2D eigenvalue weighted by Gasteiger charge is -2.27. The predicted octanol–water partition coefficient (Wildman–Crippen LogP) is 0.290. The van der Waals surface area contributed by atoms with Gasteiger partial charge in [0.25, 0.3) is 5.91 Å². The van der Waals surface area contributed by atoms with Gasteiger partial charge in [0, 0.05) is 5.75 Å². The van der Waals surface area contributed by atoms with Crippen molar-refractivity contribution in [3.8, 4) is 0 Å². The van der Waals surface area contributed by atoms with E-state index >= 15 is 0 Å². The number of carbonyl (C=O) groups is 3. The molecule has 7 heteroatoms. The molecule has 0 aromatic carbocycles. The quantitative estimate of drug-likeness (QED) is 0.550. The van der Waals surface area contributed by atoms with Gasteiger partial charge in [0.15, 0.2) is 0 Å². The lowest BCUT2D eigenvalue weighted by atomic mass is 10.1. The maximum absolute atomic E-state index is 11.9. The summed E-state index contributed by atoms with van der Waals surface area (Å²) in [6.07, 6.45) is 0. The maximum Gasteiger partial charge on any atom is 0.328 e. The molecule has 0 saturated carbocycles. The Morgan fingerprint density at radius 2 is 2.06 bits per heavy atom. The number of carboxylic acid groups (broad SMARTS) is 1. The molecule has 1 rings (SSSR count). The molecule has 0 bridgehead atoms. The highest BCUT2D eigenvalue weighted by Gasteiger charge is 2.41. The predicted molar refractivity (Wildman–Crippen MR) is 63.9 cm³/mol. The van der Waals surface area contributed by atoms with Crippen molar-refractivity contribution in [3.05, 3.63) is 0 Å². The molecule has 1 unspecified atom stereocenters. The summed E-state index contributed by atoms with van der Waals surface area (Å²) in [5.74, 6) is -1.02. The van der Waals surface area contributed by atoms with E-state index in [2.05, 4.69) is 12.6 Å². The van der Waals surface area contributed by atoms with Crippen LogP contribution in [0.2, 0.25) is 0 Å². The van der Waals surface area contributed by atoms with Crippen LogP contribution in [0.25, 0.3) is 0 Å². The first kappa shape index (κ1) is 13.8. The molecule has 0 aromatic rings. The van der Waals surface area contributed by atoms with Crippen LogP contribution in [0.1, 0.15) is 13.8 Å². The standard InChI is InChI=1S/C10H16N2O4S/c1-6(2)7(5-17)12-8(13)3-11(10(12)16)4-9(14)15/h6-7,17H,3-5H2,1-2H3,(H,14,15). The lowest BCUT2D eigenvalue weighted by molar-refractivity contribution is -0.137. The minimum atomic E-state index is -1.13. The number of amides is 3. The van der Waals surface area contributed by atoms with Crippen molar-refractivity contribution < 1.29 is 19.5 Å². The van der Waals surface area contributed by atoms with Gasteiger partial charge in [-0.3, -0.25) is 14.5 Å². The van der Waals surface area contributed by atoms with Crippen LogP contribution < -0.4 is 0 Å². The monoisotopic (exact) mass is 260 g/mol. The van der Waals surface area contributed by atoms with Crippen molar-refractivity contribution in [3.63, 3.8) is 0 Å². The van der Waals surface area contributed by atoms with E-state index in [9.17, 15) is 14.4 Å². The van der Waals surface area contributed by atoms with Crippen LogP contribution >= 0.6 is 12.6 Å². The van der Waals surface area contributed by atoms with E-state index in [1.165, 1.54) is 0 Å². The van der Waals surface area contributed by atoms with Crippen LogP contribution in [0, 0.1) is 5.92 Å². The van der Waals surface area contributed by atoms with Gasteiger partial charge >= 0.3 is 12.0 Å². The number of hydrogen-bond donors (Lipinski definition) is 2. The second kappa shape index (κ2) is 5.39. The Balaban J connectivity index is 2.84. The van der Waals surface area contributed by atoms with Crippen LogP contribution in [0.5, 0.6) is 0 Å². The molecule has 1 aliphatic heterocycles. The summed E-state index contributed by atoms with van der Waals surface area (Å²) >= 11 is 4.13. The molecule has 0 aliphatic carbocycles. The van der Waals surface area contributed by atoms with Gasteiger partial charge < -0.3 is 10.0 Å². The van der Waals surface area contributed by atoms with E-state index in [4.69, 9.17) is 5.11 Å². The number of rotatable bonds is 5.